The van der Waals surface area contributed by atoms with Crippen molar-refractivity contribution in [2.75, 3.05) is 6.61 Å². The molecule has 0 fully saturated rings. The van der Waals surface area contributed by atoms with Gasteiger partial charge >= 0.3 is 0 Å². The monoisotopic (exact) mass is 592 g/mol. The van der Waals surface area contributed by atoms with Gasteiger partial charge in [-0.3, -0.25) is 4.79 Å². The Kier molecular flexibility index (Phi) is 33.4. The topological polar surface area (TPSA) is 69.6 Å². The van der Waals surface area contributed by atoms with E-state index in [1.54, 1.807) is 13.0 Å². The second-order valence-electron chi connectivity index (χ2n) is 12.6. The number of aliphatic hydroxyl groups is 2. The van der Waals surface area contributed by atoms with E-state index in [-0.39, 0.29) is 12.5 Å². The van der Waals surface area contributed by atoms with Gasteiger partial charge < -0.3 is 15.5 Å². The summed E-state index contributed by atoms with van der Waals surface area (Å²) in [5, 5.41) is 22.0. The van der Waals surface area contributed by atoms with Crippen molar-refractivity contribution in [3.05, 3.63) is 24.3 Å². The van der Waals surface area contributed by atoms with Gasteiger partial charge in [0.05, 0.1) is 18.8 Å². The molecule has 0 rings (SSSR count). The fourth-order valence-electron chi connectivity index (χ4n) is 5.57. The first kappa shape index (κ1) is 40.9. The summed E-state index contributed by atoms with van der Waals surface area (Å²) in [5.41, 5.74) is 0. The smallest absolute Gasteiger partial charge is 0.220 e. The third kappa shape index (κ3) is 30.3. The molecule has 248 valence electrons. The number of carbonyl (C=O) groups excluding carboxylic acids is 1. The fourth-order valence-corrected chi connectivity index (χ4v) is 5.57. The zero-order valence-electron chi connectivity index (χ0n) is 28.3. The molecule has 0 aromatic rings. The second-order valence-corrected chi connectivity index (χ2v) is 12.6. The SMILES string of the molecule is CCCCCCCCCCCCCCCCCCCCCCCCCC/C=C/CC/C=C/C(O)C(CO)NC(=O)CC. The van der Waals surface area contributed by atoms with Gasteiger partial charge in [0.15, 0.2) is 0 Å². The molecule has 2 unspecified atom stereocenters. The Morgan fingerprint density at radius 2 is 0.905 bits per heavy atom. The van der Waals surface area contributed by atoms with Gasteiger partial charge in [-0.15, -0.1) is 0 Å². The van der Waals surface area contributed by atoms with Gasteiger partial charge in [-0.05, 0) is 25.7 Å². The van der Waals surface area contributed by atoms with E-state index in [0.29, 0.717) is 6.42 Å². The van der Waals surface area contributed by atoms with Crippen LogP contribution in [0.2, 0.25) is 0 Å². The number of hydrogen-bond donors (Lipinski definition) is 3. The molecule has 3 N–H and O–H groups in total. The van der Waals surface area contributed by atoms with Crippen LogP contribution in [-0.4, -0.2) is 34.9 Å². The third-order valence-electron chi connectivity index (χ3n) is 8.50. The van der Waals surface area contributed by atoms with Gasteiger partial charge in [0.2, 0.25) is 5.91 Å². The van der Waals surface area contributed by atoms with Crippen LogP contribution in [0.15, 0.2) is 24.3 Å². The van der Waals surface area contributed by atoms with Crippen molar-refractivity contribution in [3.63, 3.8) is 0 Å². The lowest BCUT2D eigenvalue weighted by Crippen LogP contribution is -2.44. The van der Waals surface area contributed by atoms with Crippen LogP contribution in [0.25, 0.3) is 0 Å². The molecule has 0 aromatic carbocycles. The molecule has 0 saturated heterocycles. The van der Waals surface area contributed by atoms with E-state index in [4.69, 9.17) is 0 Å². The average molecular weight is 592 g/mol. The summed E-state index contributed by atoms with van der Waals surface area (Å²) in [7, 11) is 0. The standard InChI is InChI=1S/C38H73NO3/c1-3-5-6-7-8-9-10-11-12-13-14-15-16-17-18-19-20-21-22-23-24-25-26-27-28-29-30-31-32-33-34-37(41)36(35-40)39-38(42)4-2/h29-30,33-34,36-37,40-41H,3-28,31-32,35H2,1-2H3,(H,39,42)/b30-29+,34-33+. The van der Waals surface area contributed by atoms with E-state index in [1.165, 1.54) is 154 Å². The molecule has 4 heteroatoms. The summed E-state index contributed by atoms with van der Waals surface area (Å²) in [6.07, 6.45) is 44.9. The van der Waals surface area contributed by atoms with Crippen molar-refractivity contribution >= 4 is 5.91 Å². The van der Waals surface area contributed by atoms with Crippen molar-refractivity contribution in [2.45, 2.75) is 206 Å². The largest absolute Gasteiger partial charge is 0.394 e. The van der Waals surface area contributed by atoms with E-state index in [1.807, 2.05) is 6.08 Å². The molecule has 0 aliphatic carbocycles. The molecular weight excluding hydrogens is 518 g/mol. The number of hydrogen-bond acceptors (Lipinski definition) is 3. The predicted molar refractivity (Wildman–Crippen MR) is 184 cm³/mol. The molecular formula is C38H73NO3. The summed E-state index contributed by atoms with van der Waals surface area (Å²) in [6.45, 7) is 3.78. The van der Waals surface area contributed by atoms with E-state index in [0.717, 1.165) is 19.3 Å². The molecule has 1 amide bonds. The van der Waals surface area contributed by atoms with Crippen LogP contribution in [0.5, 0.6) is 0 Å². The van der Waals surface area contributed by atoms with E-state index in [2.05, 4.69) is 24.4 Å². The number of rotatable bonds is 33. The molecule has 0 bridgehead atoms. The first-order valence-corrected chi connectivity index (χ1v) is 18.6. The van der Waals surface area contributed by atoms with Gasteiger partial charge in [-0.25, -0.2) is 0 Å². The van der Waals surface area contributed by atoms with Crippen LogP contribution < -0.4 is 5.32 Å². The van der Waals surface area contributed by atoms with Crippen LogP contribution in [0.1, 0.15) is 194 Å². The van der Waals surface area contributed by atoms with Gasteiger partial charge in [0, 0.05) is 6.42 Å². The highest BCUT2D eigenvalue weighted by Gasteiger charge is 2.17. The lowest BCUT2D eigenvalue weighted by molar-refractivity contribution is -0.122. The minimum Gasteiger partial charge on any atom is -0.394 e. The number of unbranched alkanes of at least 4 members (excludes halogenated alkanes) is 25. The minimum absolute atomic E-state index is 0.162. The predicted octanol–water partition coefficient (Wildman–Crippen LogP) is 10.9. The molecule has 0 spiro atoms. The van der Waals surface area contributed by atoms with Gasteiger partial charge in [-0.2, -0.15) is 0 Å². The maximum atomic E-state index is 11.4. The van der Waals surface area contributed by atoms with E-state index in [9.17, 15) is 15.0 Å². The van der Waals surface area contributed by atoms with Gasteiger partial charge in [0.1, 0.15) is 0 Å². The van der Waals surface area contributed by atoms with Crippen molar-refractivity contribution in [1.29, 1.82) is 0 Å². The van der Waals surface area contributed by atoms with Crippen LogP contribution >= 0.6 is 0 Å². The number of allylic oxidation sites excluding steroid dienone is 3. The Balaban J connectivity index is 3.30. The molecule has 0 aliphatic heterocycles. The fraction of sp³-hybridized carbons (Fsp3) is 0.868. The second kappa shape index (κ2) is 34.4. The summed E-state index contributed by atoms with van der Waals surface area (Å²) < 4.78 is 0. The van der Waals surface area contributed by atoms with E-state index < -0.39 is 12.1 Å². The van der Waals surface area contributed by atoms with Crippen molar-refractivity contribution in [3.8, 4) is 0 Å². The Morgan fingerprint density at radius 1 is 0.548 bits per heavy atom. The Labute approximate surface area is 262 Å². The van der Waals surface area contributed by atoms with Crippen molar-refractivity contribution < 1.29 is 15.0 Å². The molecule has 0 aliphatic rings. The first-order valence-electron chi connectivity index (χ1n) is 18.6. The molecule has 4 nitrogen and oxygen atoms in total. The molecule has 0 heterocycles. The van der Waals surface area contributed by atoms with Gasteiger partial charge in [-0.1, -0.05) is 186 Å². The summed E-state index contributed by atoms with van der Waals surface area (Å²) >= 11 is 0. The van der Waals surface area contributed by atoms with E-state index >= 15 is 0 Å². The first-order chi connectivity index (χ1) is 20.7. The number of aliphatic hydroxyl groups excluding tert-OH is 2. The van der Waals surface area contributed by atoms with Crippen LogP contribution in [0, 0.1) is 0 Å². The van der Waals surface area contributed by atoms with Crippen LogP contribution in [0.3, 0.4) is 0 Å². The van der Waals surface area contributed by atoms with Crippen LogP contribution in [-0.2, 0) is 4.79 Å². The molecule has 0 saturated carbocycles. The Hall–Kier alpha value is -1.13. The Bertz CT molecular complexity index is 603. The highest BCUT2D eigenvalue weighted by molar-refractivity contribution is 5.75. The number of amides is 1. The zero-order chi connectivity index (χ0) is 30.8. The van der Waals surface area contributed by atoms with Crippen molar-refractivity contribution in [2.24, 2.45) is 0 Å². The average Bonchev–Trinajstić information content (AvgIpc) is 3.00. The Morgan fingerprint density at radius 3 is 1.29 bits per heavy atom. The molecule has 2 atom stereocenters. The van der Waals surface area contributed by atoms with Gasteiger partial charge in [0.25, 0.3) is 0 Å². The highest BCUT2D eigenvalue weighted by atomic mass is 16.3. The number of nitrogens with one attached hydrogen (secondary N) is 1. The van der Waals surface area contributed by atoms with Crippen LogP contribution in [0.4, 0.5) is 0 Å². The molecule has 42 heavy (non-hydrogen) atoms. The minimum atomic E-state index is -0.853. The van der Waals surface area contributed by atoms with Crippen molar-refractivity contribution in [1.82, 2.24) is 5.32 Å². The molecule has 0 radical (unpaired) electrons. The lowest BCUT2D eigenvalue weighted by atomic mass is 10.0. The normalized spacial score (nSPS) is 13.3. The zero-order valence-corrected chi connectivity index (χ0v) is 28.3. The summed E-state index contributed by atoms with van der Waals surface area (Å²) in [5.74, 6) is -0.162. The summed E-state index contributed by atoms with van der Waals surface area (Å²) in [4.78, 5) is 11.4. The number of carbonyl (C=O) groups is 1. The maximum absolute atomic E-state index is 11.4. The highest BCUT2D eigenvalue weighted by Crippen LogP contribution is 2.16. The molecule has 0 aromatic heterocycles. The maximum Gasteiger partial charge on any atom is 0.220 e. The quantitative estimate of drug-likeness (QED) is 0.0525. The summed E-state index contributed by atoms with van der Waals surface area (Å²) in [6, 6.07) is -0.632. The third-order valence-corrected chi connectivity index (χ3v) is 8.50. The lowest BCUT2D eigenvalue weighted by Gasteiger charge is -2.19.